The average molecular weight is 193 g/mol. The van der Waals surface area contributed by atoms with Crippen molar-refractivity contribution >= 4 is 11.5 Å². The van der Waals surface area contributed by atoms with Crippen molar-refractivity contribution in [2.45, 2.75) is 0 Å². The van der Waals surface area contributed by atoms with Gasteiger partial charge in [-0.25, -0.2) is 4.39 Å². The van der Waals surface area contributed by atoms with E-state index in [9.17, 15) is 4.39 Å². The molecule has 0 aliphatic carbocycles. The van der Waals surface area contributed by atoms with Gasteiger partial charge in [-0.2, -0.15) is 0 Å². The molecule has 1 aliphatic rings. The Morgan fingerprint density at radius 3 is 3.00 bits per heavy atom. The molecule has 0 fully saturated rings. The summed E-state index contributed by atoms with van der Waals surface area (Å²) in [4.78, 5) is 4.20. The summed E-state index contributed by atoms with van der Waals surface area (Å²) < 4.78 is 13.1. The number of para-hydroxylation sites is 1. The Labute approximate surface area is 82.0 Å². The van der Waals surface area contributed by atoms with E-state index >= 15 is 0 Å². The van der Waals surface area contributed by atoms with Gasteiger partial charge < -0.3 is 10.6 Å². The second-order valence-corrected chi connectivity index (χ2v) is 3.09. The molecule has 2 N–H and O–H groups in total. The number of amidine groups is 1. The molecule has 0 atom stereocenters. The van der Waals surface area contributed by atoms with Crippen LogP contribution in [-0.4, -0.2) is 25.5 Å². The third kappa shape index (κ3) is 2.02. The minimum Gasteiger partial charge on any atom is -0.375 e. The van der Waals surface area contributed by atoms with Crippen LogP contribution in [0.1, 0.15) is 0 Å². The number of hydrogen-bond acceptors (Lipinski definition) is 3. The second kappa shape index (κ2) is 4.09. The highest BCUT2D eigenvalue weighted by atomic mass is 19.1. The maximum atomic E-state index is 13.1. The van der Waals surface area contributed by atoms with Gasteiger partial charge in [0.25, 0.3) is 0 Å². The van der Waals surface area contributed by atoms with Gasteiger partial charge in [0.2, 0.25) is 0 Å². The van der Waals surface area contributed by atoms with Gasteiger partial charge >= 0.3 is 0 Å². The van der Waals surface area contributed by atoms with E-state index in [-0.39, 0.29) is 5.82 Å². The van der Waals surface area contributed by atoms with Gasteiger partial charge in [0, 0.05) is 6.54 Å². The summed E-state index contributed by atoms with van der Waals surface area (Å²) in [6.07, 6.45) is 0. The number of anilines is 1. The topological polar surface area (TPSA) is 36.4 Å². The molecule has 1 aliphatic heterocycles. The van der Waals surface area contributed by atoms with Gasteiger partial charge in [-0.15, -0.1) is 0 Å². The summed E-state index contributed by atoms with van der Waals surface area (Å²) >= 11 is 0. The molecular formula is C10H12FN3. The molecule has 0 radical (unpaired) electrons. The number of nitrogens with zero attached hydrogens (tertiary/aromatic N) is 1. The monoisotopic (exact) mass is 193 g/mol. The molecule has 0 unspecified atom stereocenters. The maximum Gasteiger partial charge on any atom is 0.146 e. The molecule has 0 saturated carbocycles. The first kappa shape index (κ1) is 8.99. The van der Waals surface area contributed by atoms with Crippen molar-refractivity contribution in [3.8, 4) is 0 Å². The fourth-order valence-corrected chi connectivity index (χ4v) is 1.35. The molecule has 14 heavy (non-hydrogen) atoms. The standard InChI is InChI=1S/C10H12FN3/c11-8-3-1-2-4-9(8)14-7-10-12-5-6-13-10/h1-4,14H,5-7H2,(H,12,13). The molecule has 0 saturated heterocycles. The fourth-order valence-electron chi connectivity index (χ4n) is 1.35. The first-order valence-electron chi connectivity index (χ1n) is 4.62. The van der Waals surface area contributed by atoms with Crippen LogP contribution >= 0.6 is 0 Å². The van der Waals surface area contributed by atoms with Crippen LogP contribution in [-0.2, 0) is 0 Å². The third-order valence-electron chi connectivity index (χ3n) is 2.06. The van der Waals surface area contributed by atoms with E-state index < -0.39 is 0 Å². The largest absolute Gasteiger partial charge is 0.375 e. The molecule has 1 aromatic carbocycles. The molecule has 3 nitrogen and oxygen atoms in total. The van der Waals surface area contributed by atoms with Gasteiger partial charge in [-0.1, -0.05) is 12.1 Å². The lowest BCUT2D eigenvalue weighted by molar-refractivity contribution is 0.631. The smallest absolute Gasteiger partial charge is 0.146 e. The van der Waals surface area contributed by atoms with E-state index in [1.807, 2.05) is 0 Å². The van der Waals surface area contributed by atoms with Crippen LogP contribution in [0.2, 0.25) is 0 Å². The van der Waals surface area contributed by atoms with Gasteiger partial charge in [0.05, 0.1) is 18.8 Å². The summed E-state index contributed by atoms with van der Waals surface area (Å²) in [5.41, 5.74) is 0.518. The highest BCUT2D eigenvalue weighted by molar-refractivity contribution is 5.87. The lowest BCUT2D eigenvalue weighted by atomic mass is 10.3. The van der Waals surface area contributed by atoms with E-state index in [0.717, 1.165) is 18.9 Å². The summed E-state index contributed by atoms with van der Waals surface area (Å²) in [6, 6.07) is 6.62. The van der Waals surface area contributed by atoms with Crippen LogP contribution in [0.15, 0.2) is 29.3 Å². The predicted molar refractivity (Wildman–Crippen MR) is 55.2 cm³/mol. The van der Waals surface area contributed by atoms with Crippen LogP contribution in [0.4, 0.5) is 10.1 Å². The molecule has 0 spiro atoms. The van der Waals surface area contributed by atoms with Crippen molar-refractivity contribution in [3.05, 3.63) is 30.1 Å². The summed E-state index contributed by atoms with van der Waals surface area (Å²) in [5.74, 6) is 0.666. The van der Waals surface area contributed by atoms with Gasteiger partial charge in [0.15, 0.2) is 0 Å². The highest BCUT2D eigenvalue weighted by Crippen LogP contribution is 2.11. The Balaban J connectivity index is 1.94. The molecule has 2 rings (SSSR count). The first-order valence-corrected chi connectivity index (χ1v) is 4.62. The molecule has 0 aromatic heterocycles. The van der Waals surface area contributed by atoms with Crippen LogP contribution in [0.5, 0.6) is 0 Å². The van der Waals surface area contributed by atoms with E-state index in [0.29, 0.717) is 12.2 Å². The van der Waals surface area contributed by atoms with Crippen molar-refractivity contribution in [1.82, 2.24) is 5.32 Å². The highest BCUT2D eigenvalue weighted by Gasteiger charge is 2.05. The van der Waals surface area contributed by atoms with Gasteiger partial charge in [-0.05, 0) is 12.1 Å². The number of aliphatic imine (C=N–C) groups is 1. The van der Waals surface area contributed by atoms with E-state index in [2.05, 4.69) is 15.6 Å². The molecule has 4 heteroatoms. The Kier molecular flexibility index (Phi) is 2.62. The van der Waals surface area contributed by atoms with Crippen molar-refractivity contribution in [2.24, 2.45) is 4.99 Å². The van der Waals surface area contributed by atoms with Crippen LogP contribution < -0.4 is 10.6 Å². The minimum absolute atomic E-state index is 0.230. The lowest BCUT2D eigenvalue weighted by Gasteiger charge is -2.07. The minimum atomic E-state index is -0.230. The maximum absolute atomic E-state index is 13.1. The lowest BCUT2D eigenvalue weighted by Crippen LogP contribution is -2.26. The third-order valence-corrected chi connectivity index (χ3v) is 2.06. The zero-order valence-corrected chi connectivity index (χ0v) is 7.76. The number of nitrogens with one attached hydrogen (secondary N) is 2. The van der Waals surface area contributed by atoms with E-state index in [4.69, 9.17) is 0 Å². The first-order chi connectivity index (χ1) is 6.86. The van der Waals surface area contributed by atoms with Crippen LogP contribution in [0, 0.1) is 5.82 Å². The van der Waals surface area contributed by atoms with E-state index in [1.54, 1.807) is 18.2 Å². The Morgan fingerprint density at radius 1 is 1.43 bits per heavy atom. The SMILES string of the molecule is Fc1ccccc1NCC1=NCCN1. The Hall–Kier alpha value is -1.58. The van der Waals surface area contributed by atoms with Crippen LogP contribution in [0.3, 0.4) is 0 Å². The number of halogens is 1. The van der Waals surface area contributed by atoms with E-state index in [1.165, 1.54) is 6.07 Å². The predicted octanol–water partition coefficient (Wildman–Crippen LogP) is 1.24. The average Bonchev–Trinajstić information content (AvgIpc) is 2.69. The Morgan fingerprint density at radius 2 is 2.29 bits per heavy atom. The number of hydrogen-bond donors (Lipinski definition) is 2. The zero-order chi connectivity index (χ0) is 9.80. The molecule has 1 heterocycles. The molecule has 0 bridgehead atoms. The summed E-state index contributed by atoms with van der Waals surface area (Å²) in [5, 5.41) is 6.10. The van der Waals surface area contributed by atoms with Crippen molar-refractivity contribution in [1.29, 1.82) is 0 Å². The van der Waals surface area contributed by atoms with Gasteiger partial charge in [-0.3, -0.25) is 4.99 Å². The molecule has 1 aromatic rings. The second-order valence-electron chi connectivity index (χ2n) is 3.09. The quantitative estimate of drug-likeness (QED) is 0.757. The van der Waals surface area contributed by atoms with Crippen molar-refractivity contribution in [2.75, 3.05) is 25.0 Å². The molecule has 0 amide bonds. The molecule has 74 valence electrons. The van der Waals surface area contributed by atoms with Crippen molar-refractivity contribution < 1.29 is 4.39 Å². The zero-order valence-electron chi connectivity index (χ0n) is 7.76. The fraction of sp³-hybridized carbons (Fsp3) is 0.300. The number of benzene rings is 1. The van der Waals surface area contributed by atoms with Gasteiger partial charge in [0.1, 0.15) is 11.7 Å². The molecular weight excluding hydrogens is 181 g/mol. The Bertz CT molecular complexity index is 349. The number of rotatable bonds is 3. The van der Waals surface area contributed by atoms with Crippen molar-refractivity contribution in [3.63, 3.8) is 0 Å². The normalized spacial score (nSPS) is 14.8. The summed E-state index contributed by atoms with van der Waals surface area (Å²) in [6.45, 7) is 2.25. The summed E-state index contributed by atoms with van der Waals surface area (Å²) in [7, 11) is 0. The van der Waals surface area contributed by atoms with Crippen LogP contribution in [0.25, 0.3) is 0 Å².